The Balaban J connectivity index is 4.06. The van der Waals surface area contributed by atoms with E-state index in [1.54, 1.807) is 0 Å². The molecule has 0 aromatic heterocycles. The molecule has 0 aliphatic heterocycles. The van der Waals surface area contributed by atoms with Gasteiger partial charge in [0.2, 0.25) is 0 Å². The summed E-state index contributed by atoms with van der Waals surface area (Å²) in [6.45, 7) is 4.83. The zero-order chi connectivity index (χ0) is 33.8. The minimum absolute atomic E-state index is 0.0975. The Bertz CT molecular complexity index is 762. The van der Waals surface area contributed by atoms with Crippen LogP contribution in [0.4, 0.5) is 0 Å². The van der Waals surface area contributed by atoms with Crippen LogP contribution in [0.1, 0.15) is 168 Å². The van der Waals surface area contributed by atoms with Gasteiger partial charge < -0.3 is 20.1 Å². The summed E-state index contributed by atoms with van der Waals surface area (Å²) in [5.41, 5.74) is 5.34. The van der Waals surface area contributed by atoms with Crippen LogP contribution in [0.2, 0.25) is 0 Å². The highest BCUT2D eigenvalue weighted by Gasteiger charge is 2.25. The lowest BCUT2D eigenvalue weighted by Crippen LogP contribution is -2.28. The van der Waals surface area contributed by atoms with Gasteiger partial charge >= 0.3 is 13.8 Å². The summed E-state index contributed by atoms with van der Waals surface area (Å²) in [5, 5.41) is 0. The molecular formula is C37H72NO7P. The van der Waals surface area contributed by atoms with Gasteiger partial charge in [-0.3, -0.25) is 13.8 Å². The van der Waals surface area contributed by atoms with Crippen LogP contribution in [0.15, 0.2) is 24.3 Å². The zero-order valence-electron chi connectivity index (χ0n) is 29.8. The van der Waals surface area contributed by atoms with E-state index in [-0.39, 0.29) is 32.3 Å². The van der Waals surface area contributed by atoms with Gasteiger partial charge in [-0.15, -0.1) is 0 Å². The number of carbonyl (C=O) groups is 1. The third-order valence-corrected chi connectivity index (χ3v) is 8.81. The molecule has 2 unspecified atom stereocenters. The van der Waals surface area contributed by atoms with E-state index in [9.17, 15) is 14.3 Å². The van der Waals surface area contributed by atoms with Crippen molar-refractivity contribution >= 4 is 13.8 Å². The Labute approximate surface area is 283 Å². The maximum Gasteiger partial charge on any atom is 0.472 e. The zero-order valence-corrected chi connectivity index (χ0v) is 30.7. The molecule has 8 nitrogen and oxygen atoms in total. The standard InChI is InChI=1S/C37H72NO7P/c1-3-5-7-9-11-13-15-16-17-18-19-20-21-23-25-27-29-32-42-34-36(35-44-46(40,41)43-33-31-38)45-37(39)30-28-26-24-22-14-12-10-8-6-4-2/h8,10,17-18,36H,3-7,9,11-16,19-35,38H2,1-2H3,(H,40,41)/b10-8-,18-17-. The Kier molecular flexibility index (Phi) is 34.5. The molecule has 0 amide bonds. The summed E-state index contributed by atoms with van der Waals surface area (Å²) in [4.78, 5) is 22.3. The van der Waals surface area contributed by atoms with Crippen molar-refractivity contribution in [3.05, 3.63) is 24.3 Å². The molecule has 46 heavy (non-hydrogen) atoms. The number of rotatable bonds is 36. The Morgan fingerprint density at radius 1 is 0.630 bits per heavy atom. The molecule has 0 aliphatic rings. The summed E-state index contributed by atoms with van der Waals surface area (Å²) in [6, 6.07) is 0. The van der Waals surface area contributed by atoms with Crippen molar-refractivity contribution < 1.29 is 32.8 Å². The predicted molar refractivity (Wildman–Crippen MR) is 192 cm³/mol. The molecule has 0 rings (SSSR count). The summed E-state index contributed by atoms with van der Waals surface area (Å²) >= 11 is 0. The number of carbonyl (C=O) groups excluding carboxylic acids is 1. The van der Waals surface area contributed by atoms with Gasteiger partial charge in [0.15, 0.2) is 0 Å². The van der Waals surface area contributed by atoms with Crippen molar-refractivity contribution in [2.75, 3.05) is 33.0 Å². The molecular weight excluding hydrogens is 601 g/mol. The molecule has 2 atom stereocenters. The fourth-order valence-electron chi connectivity index (χ4n) is 5.05. The Morgan fingerprint density at radius 2 is 1.13 bits per heavy atom. The van der Waals surface area contributed by atoms with E-state index in [0.29, 0.717) is 13.0 Å². The number of unbranched alkanes of at least 4 members (excludes halogenated alkanes) is 19. The quantitative estimate of drug-likeness (QED) is 0.0292. The van der Waals surface area contributed by atoms with Crippen molar-refractivity contribution in [3.8, 4) is 0 Å². The lowest BCUT2D eigenvalue weighted by atomic mass is 10.1. The van der Waals surface area contributed by atoms with E-state index in [1.807, 2.05) is 0 Å². The third kappa shape index (κ3) is 34.3. The SMILES string of the molecule is CCC/C=C\CCCCCCCC(=O)OC(COCCCCCCCC/C=C\CCCCCCCCC)COP(=O)(O)OCCN. The molecule has 0 saturated heterocycles. The smallest absolute Gasteiger partial charge is 0.457 e. The maximum absolute atomic E-state index is 12.5. The highest BCUT2D eigenvalue weighted by molar-refractivity contribution is 7.47. The van der Waals surface area contributed by atoms with Crippen molar-refractivity contribution in [1.29, 1.82) is 0 Å². The van der Waals surface area contributed by atoms with Gasteiger partial charge in [0.1, 0.15) is 6.10 Å². The van der Waals surface area contributed by atoms with Crippen LogP contribution in [-0.4, -0.2) is 49.9 Å². The second-order valence-corrected chi connectivity index (χ2v) is 13.9. The average Bonchev–Trinajstić information content (AvgIpc) is 3.04. The molecule has 3 N–H and O–H groups in total. The minimum atomic E-state index is -4.27. The summed E-state index contributed by atoms with van der Waals surface area (Å²) in [6.07, 6.45) is 36.2. The van der Waals surface area contributed by atoms with Crippen LogP contribution >= 0.6 is 7.82 Å². The molecule has 0 aromatic carbocycles. The monoisotopic (exact) mass is 674 g/mol. The van der Waals surface area contributed by atoms with Crippen LogP contribution in [0.25, 0.3) is 0 Å². The summed E-state index contributed by atoms with van der Waals surface area (Å²) < 4.78 is 33.2. The summed E-state index contributed by atoms with van der Waals surface area (Å²) in [5.74, 6) is -0.344. The maximum atomic E-state index is 12.5. The van der Waals surface area contributed by atoms with Gasteiger partial charge in [-0.25, -0.2) is 4.57 Å². The lowest BCUT2D eigenvalue weighted by molar-refractivity contribution is -0.154. The van der Waals surface area contributed by atoms with Gasteiger partial charge in [-0.05, 0) is 57.8 Å². The number of ether oxygens (including phenoxy) is 2. The molecule has 0 spiro atoms. The first kappa shape index (κ1) is 45.0. The third-order valence-electron chi connectivity index (χ3n) is 7.82. The number of phosphoric ester groups is 1. The van der Waals surface area contributed by atoms with E-state index in [0.717, 1.165) is 51.4 Å². The number of phosphoric acid groups is 1. The van der Waals surface area contributed by atoms with E-state index < -0.39 is 13.9 Å². The van der Waals surface area contributed by atoms with Crippen LogP contribution in [0.3, 0.4) is 0 Å². The molecule has 272 valence electrons. The van der Waals surface area contributed by atoms with Crippen LogP contribution in [-0.2, 0) is 27.9 Å². The number of hydrogen-bond donors (Lipinski definition) is 2. The van der Waals surface area contributed by atoms with Crippen molar-refractivity contribution in [3.63, 3.8) is 0 Å². The van der Waals surface area contributed by atoms with Gasteiger partial charge in [0, 0.05) is 19.6 Å². The molecule has 0 saturated carbocycles. The van der Waals surface area contributed by atoms with Gasteiger partial charge in [0.05, 0.1) is 19.8 Å². The first-order valence-electron chi connectivity index (χ1n) is 18.8. The molecule has 0 fully saturated rings. The number of esters is 1. The first-order valence-corrected chi connectivity index (χ1v) is 20.3. The normalized spacial score (nSPS) is 13.9. The first-order chi connectivity index (χ1) is 22.4. The number of allylic oxidation sites excluding steroid dienone is 4. The van der Waals surface area contributed by atoms with E-state index in [1.165, 1.54) is 96.3 Å². The van der Waals surface area contributed by atoms with Crippen LogP contribution < -0.4 is 5.73 Å². The fraction of sp³-hybridized carbons (Fsp3) is 0.865. The molecule has 9 heteroatoms. The fourth-order valence-corrected chi connectivity index (χ4v) is 5.82. The number of hydrogen-bond acceptors (Lipinski definition) is 7. The molecule has 0 bridgehead atoms. The Hall–Kier alpha value is -1.02. The van der Waals surface area contributed by atoms with E-state index >= 15 is 0 Å². The van der Waals surface area contributed by atoms with E-state index in [2.05, 4.69) is 38.2 Å². The minimum Gasteiger partial charge on any atom is -0.457 e. The lowest BCUT2D eigenvalue weighted by Gasteiger charge is -2.20. The predicted octanol–water partition coefficient (Wildman–Crippen LogP) is 10.5. The highest BCUT2D eigenvalue weighted by Crippen LogP contribution is 2.43. The van der Waals surface area contributed by atoms with Gasteiger partial charge in [-0.1, -0.05) is 128 Å². The van der Waals surface area contributed by atoms with Crippen molar-refractivity contribution in [2.45, 2.75) is 174 Å². The van der Waals surface area contributed by atoms with Gasteiger partial charge in [-0.2, -0.15) is 0 Å². The second kappa shape index (κ2) is 35.3. The molecule has 0 heterocycles. The van der Waals surface area contributed by atoms with Crippen molar-refractivity contribution in [1.82, 2.24) is 0 Å². The van der Waals surface area contributed by atoms with Crippen LogP contribution in [0, 0.1) is 0 Å². The van der Waals surface area contributed by atoms with Gasteiger partial charge in [0.25, 0.3) is 0 Å². The Morgan fingerprint density at radius 3 is 1.67 bits per heavy atom. The highest BCUT2D eigenvalue weighted by atomic mass is 31.2. The molecule has 0 aromatic rings. The molecule has 0 radical (unpaired) electrons. The average molecular weight is 674 g/mol. The topological polar surface area (TPSA) is 117 Å². The van der Waals surface area contributed by atoms with E-state index in [4.69, 9.17) is 24.3 Å². The van der Waals surface area contributed by atoms with Crippen molar-refractivity contribution in [2.24, 2.45) is 5.73 Å². The largest absolute Gasteiger partial charge is 0.472 e. The summed E-state index contributed by atoms with van der Waals surface area (Å²) in [7, 11) is -4.27. The second-order valence-electron chi connectivity index (χ2n) is 12.4. The molecule has 0 aliphatic carbocycles. The number of nitrogens with two attached hydrogens (primary N) is 1. The van der Waals surface area contributed by atoms with Crippen LogP contribution in [0.5, 0.6) is 0 Å².